The summed E-state index contributed by atoms with van der Waals surface area (Å²) in [5.74, 6) is 0.744. The molecule has 0 spiro atoms. The van der Waals surface area contributed by atoms with Crippen LogP contribution in [-0.2, 0) is 16.6 Å². The van der Waals surface area contributed by atoms with E-state index >= 15 is 0 Å². The van der Waals surface area contributed by atoms with Crippen molar-refractivity contribution in [2.24, 2.45) is 0 Å². The molecule has 3 rings (SSSR count). The van der Waals surface area contributed by atoms with E-state index in [2.05, 4.69) is 16.2 Å². The van der Waals surface area contributed by atoms with Gasteiger partial charge in [0.2, 0.25) is 10.0 Å². The smallest absolute Gasteiger partial charge is 0.235 e. The molecule has 0 saturated heterocycles. The molecule has 1 aromatic heterocycles. The van der Waals surface area contributed by atoms with Gasteiger partial charge in [-0.1, -0.05) is 12.1 Å². The van der Waals surface area contributed by atoms with Crippen LogP contribution in [0, 0.1) is 5.41 Å². The van der Waals surface area contributed by atoms with E-state index in [1.807, 2.05) is 30.3 Å². The predicted octanol–water partition coefficient (Wildman–Crippen LogP) is 4.48. The number of hydrogen-bond acceptors (Lipinski definition) is 4. The number of anilines is 1. The van der Waals surface area contributed by atoms with Crippen LogP contribution in [0.2, 0.25) is 0 Å². The fourth-order valence-electron chi connectivity index (χ4n) is 3.25. The number of benzene rings is 2. The second-order valence-corrected chi connectivity index (χ2v) is 9.04. The Labute approximate surface area is 165 Å². The molecule has 7 heteroatoms. The number of hydrogen-bond donors (Lipinski definition) is 2. The third-order valence-corrected chi connectivity index (χ3v) is 6.57. The van der Waals surface area contributed by atoms with Crippen molar-refractivity contribution in [2.75, 3.05) is 11.8 Å². The molecule has 0 atom stereocenters. The fraction of sp³-hybridized carbons (Fsp3) is 0.286. The average molecular weight is 400 g/mol. The number of nitrogens with one attached hydrogen (secondary N) is 2. The number of aryl methyl sites for hydroxylation is 1. The maximum Gasteiger partial charge on any atom is 0.235 e. The van der Waals surface area contributed by atoms with Crippen molar-refractivity contribution in [3.05, 3.63) is 48.0 Å². The normalized spacial score (nSPS) is 11.8. The summed E-state index contributed by atoms with van der Waals surface area (Å²) < 4.78 is 34.2. The van der Waals surface area contributed by atoms with Gasteiger partial charge in [-0.15, -0.1) is 0 Å². The molecule has 28 heavy (non-hydrogen) atoms. The van der Waals surface area contributed by atoms with Gasteiger partial charge in [-0.2, -0.15) is 0 Å². The zero-order chi connectivity index (χ0) is 20.5. The average Bonchev–Trinajstić information content (AvgIpc) is 3.00. The minimum Gasteiger partial charge on any atom is -0.497 e. The molecule has 6 nitrogen and oxygen atoms in total. The van der Waals surface area contributed by atoms with Crippen molar-refractivity contribution in [3.8, 4) is 17.0 Å². The Bertz CT molecular complexity index is 1110. The van der Waals surface area contributed by atoms with E-state index in [4.69, 9.17) is 10.1 Å². The van der Waals surface area contributed by atoms with Crippen LogP contribution in [0.1, 0.15) is 26.3 Å². The van der Waals surface area contributed by atoms with Crippen LogP contribution in [0.25, 0.3) is 22.2 Å². The highest BCUT2D eigenvalue weighted by Crippen LogP contribution is 2.35. The van der Waals surface area contributed by atoms with E-state index in [9.17, 15) is 8.42 Å². The lowest BCUT2D eigenvalue weighted by Gasteiger charge is -2.13. The van der Waals surface area contributed by atoms with Gasteiger partial charge >= 0.3 is 0 Å². The lowest BCUT2D eigenvalue weighted by atomic mass is 10.1. The molecular formula is C21H25N3O3S. The Balaban J connectivity index is 2.11. The number of rotatable bonds is 7. The molecule has 3 aromatic rings. The monoisotopic (exact) mass is 399 g/mol. The van der Waals surface area contributed by atoms with Crippen LogP contribution in [-0.4, -0.2) is 31.6 Å². The lowest BCUT2D eigenvalue weighted by Crippen LogP contribution is -2.22. The molecule has 0 fully saturated rings. The van der Waals surface area contributed by atoms with Crippen molar-refractivity contribution < 1.29 is 13.2 Å². The van der Waals surface area contributed by atoms with Gasteiger partial charge in [0.15, 0.2) is 0 Å². The van der Waals surface area contributed by atoms with Crippen LogP contribution in [0.3, 0.4) is 0 Å². The van der Waals surface area contributed by atoms with E-state index in [1.165, 1.54) is 6.21 Å². The van der Waals surface area contributed by atoms with Gasteiger partial charge < -0.3 is 14.7 Å². The summed E-state index contributed by atoms with van der Waals surface area (Å²) in [5, 5.41) is 8.42. The second kappa shape index (κ2) is 7.67. The minimum absolute atomic E-state index is 0.505. The number of nitrogens with zero attached hydrogens (tertiary/aromatic N) is 1. The molecule has 1 heterocycles. The number of aromatic nitrogens is 1. The van der Waals surface area contributed by atoms with E-state index in [-0.39, 0.29) is 0 Å². The standard InChI is InChI=1S/C21H25N3O3S/c1-5-24-20-11-10-17(27-4)12-18(20)19(13-22)21(24)15-6-8-16(9-7-15)23-28(25,26)14(2)3/h6-14,22-23H,5H2,1-4H3. The number of methoxy groups -OCH3 is 1. The highest BCUT2D eigenvalue weighted by Gasteiger charge is 2.18. The van der Waals surface area contributed by atoms with Gasteiger partial charge in [0.25, 0.3) is 0 Å². The maximum atomic E-state index is 12.1. The summed E-state index contributed by atoms with van der Waals surface area (Å²) in [6.45, 7) is 6.09. The first-order chi connectivity index (χ1) is 13.3. The summed E-state index contributed by atoms with van der Waals surface area (Å²) in [6.07, 6.45) is 1.36. The molecule has 0 saturated carbocycles. The third-order valence-electron chi connectivity index (χ3n) is 4.81. The van der Waals surface area contributed by atoms with E-state index < -0.39 is 15.3 Å². The molecule has 148 valence electrons. The van der Waals surface area contributed by atoms with E-state index in [1.54, 1.807) is 33.1 Å². The summed E-state index contributed by atoms with van der Waals surface area (Å²) in [7, 11) is -1.76. The molecule has 0 aliphatic heterocycles. The molecule has 0 unspecified atom stereocenters. The molecule has 0 amide bonds. The zero-order valence-electron chi connectivity index (χ0n) is 16.5. The number of ether oxygens (including phenoxy) is 1. The van der Waals surface area contributed by atoms with Crippen LogP contribution in [0.4, 0.5) is 5.69 Å². The topological polar surface area (TPSA) is 84.2 Å². The van der Waals surface area contributed by atoms with Crippen molar-refractivity contribution >= 4 is 32.8 Å². The summed E-state index contributed by atoms with van der Waals surface area (Å²) in [4.78, 5) is 0. The zero-order valence-corrected chi connectivity index (χ0v) is 17.3. The molecule has 2 aromatic carbocycles. The fourth-order valence-corrected chi connectivity index (χ4v) is 3.95. The SMILES string of the molecule is CCn1c(-c2ccc(NS(=O)(=O)C(C)C)cc2)c(C=N)c2cc(OC)ccc21. The molecule has 2 N–H and O–H groups in total. The molecule has 0 aliphatic rings. The summed E-state index contributed by atoms with van der Waals surface area (Å²) in [5.41, 5.74) is 4.21. The first-order valence-corrected chi connectivity index (χ1v) is 10.7. The molecular weight excluding hydrogens is 374 g/mol. The molecule has 0 aliphatic carbocycles. The molecule has 0 bridgehead atoms. The van der Waals surface area contributed by atoms with Crippen molar-refractivity contribution in [1.82, 2.24) is 4.57 Å². The van der Waals surface area contributed by atoms with Crippen molar-refractivity contribution in [2.45, 2.75) is 32.6 Å². The predicted molar refractivity (Wildman–Crippen MR) is 115 cm³/mol. The van der Waals surface area contributed by atoms with Crippen LogP contribution in [0.5, 0.6) is 5.75 Å². The summed E-state index contributed by atoms with van der Waals surface area (Å²) in [6, 6.07) is 13.1. The van der Waals surface area contributed by atoms with Gasteiger partial charge in [-0.3, -0.25) is 4.72 Å². The Hall–Kier alpha value is -2.80. The minimum atomic E-state index is -3.39. The van der Waals surface area contributed by atoms with Gasteiger partial charge in [0.1, 0.15) is 5.75 Å². The lowest BCUT2D eigenvalue weighted by molar-refractivity contribution is 0.415. The number of fused-ring (bicyclic) bond motifs is 1. The quantitative estimate of drug-likeness (QED) is 0.574. The van der Waals surface area contributed by atoms with Gasteiger partial charge in [0, 0.05) is 34.9 Å². The van der Waals surface area contributed by atoms with Crippen LogP contribution in [0.15, 0.2) is 42.5 Å². The third kappa shape index (κ3) is 3.49. The maximum absolute atomic E-state index is 12.1. The highest BCUT2D eigenvalue weighted by molar-refractivity contribution is 7.93. The first kappa shape index (κ1) is 19.9. The Morgan fingerprint density at radius 1 is 1.18 bits per heavy atom. The Morgan fingerprint density at radius 2 is 1.86 bits per heavy atom. The number of sulfonamides is 1. The second-order valence-electron chi connectivity index (χ2n) is 6.81. The Kier molecular flexibility index (Phi) is 5.47. The van der Waals surface area contributed by atoms with E-state index in [0.29, 0.717) is 5.69 Å². The van der Waals surface area contributed by atoms with Gasteiger partial charge in [-0.05, 0) is 56.7 Å². The van der Waals surface area contributed by atoms with Crippen LogP contribution < -0.4 is 9.46 Å². The van der Waals surface area contributed by atoms with Crippen LogP contribution >= 0.6 is 0 Å². The van der Waals surface area contributed by atoms with Gasteiger partial charge in [0.05, 0.1) is 18.1 Å². The Morgan fingerprint density at radius 3 is 2.39 bits per heavy atom. The van der Waals surface area contributed by atoms with Gasteiger partial charge in [-0.25, -0.2) is 8.42 Å². The summed E-state index contributed by atoms with van der Waals surface area (Å²) >= 11 is 0. The first-order valence-electron chi connectivity index (χ1n) is 9.15. The largest absolute Gasteiger partial charge is 0.497 e. The van der Waals surface area contributed by atoms with Crippen molar-refractivity contribution in [3.63, 3.8) is 0 Å². The van der Waals surface area contributed by atoms with E-state index in [0.717, 1.165) is 40.0 Å². The van der Waals surface area contributed by atoms with Crippen molar-refractivity contribution in [1.29, 1.82) is 5.41 Å². The molecule has 0 radical (unpaired) electrons. The highest BCUT2D eigenvalue weighted by atomic mass is 32.2.